The SMILES string of the molecule is Cc1cnnc(C)c1C(C)Oc1ccc(N)c(C(=N)c2cnc(N3CC4(C3)CN(S(C)=O)C4)nc2)c1. The van der Waals surface area contributed by atoms with E-state index in [1.807, 2.05) is 25.1 Å². The summed E-state index contributed by atoms with van der Waals surface area (Å²) in [5.41, 5.74) is 11.1. The van der Waals surface area contributed by atoms with E-state index < -0.39 is 11.0 Å². The van der Waals surface area contributed by atoms with Crippen molar-refractivity contribution in [2.24, 2.45) is 5.41 Å². The highest BCUT2D eigenvalue weighted by molar-refractivity contribution is 7.81. The number of nitrogens with zero attached hydrogens (tertiary/aromatic N) is 6. The van der Waals surface area contributed by atoms with Crippen LogP contribution in [0.15, 0.2) is 36.8 Å². The lowest BCUT2D eigenvalue weighted by atomic mass is 9.74. The second-order valence-electron chi connectivity index (χ2n) is 9.76. The van der Waals surface area contributed by atoms with Crippen LogP contribution < -0.4 is 15.4 Å². The van der Waals surface area contributed by atoms with Crippen LogP contribution in [0.2, 0.25) is 0 Å². The van der Waals surface area contributed by atoms with Crippen LogP contribution in [0.1, 0.15) is 41.0 Å². The molecular formula is C25H30N8O2S. The van der Waals surface area contributed by atoms with Gasteiger partial charge in [0.25, 0.3) is 0 Å². The van der Waals surface area contributed by atoms with E-state index in [1.165, 1.54) is 0 Å². The minimum atomic E-state index is -0.904. The second kappa shape index (κ2) is 9.21. The summed E-state index contributed by atoms with van der Waals surface area (Å²) in [4.78, 5) is 11.1. The zero-order chi connectivity index (χ0) is 25.6. The molecule has 0 aliphatic carbocycles. The first-order valence-electron chi connectivity index (χ1n) is 11.8. The van der Waals surface area contributed by atoms with Crippen LogP contribution in [0, 0.1) is 24.7 Å². The predicted molar refractivity (Wildman–Crippen MR) is 140 cm³/mol. The maximum atomic E-state index is 11.6. The Hall–Kier alpha value is -3.44. The Labute approximate surface area is 213 Å². The molecule has 11 heteroatoms. The van der Waals surface area contributed by atoms with Crippen LogP contribution in [0.5, 0.6) is 5.75 Å². The molecule has 2 atom stereocenters. The van der Waals surface area contributed by atoms with Gasteiger partial charge in [0, 0.05) is 72.6 Å². The van der Waals surface area contributed by atoms with Crippen molar-refractivity contribution in [3.63, 3.8) is 0 Å². The highest BCUT2D eigenvalue weighted by Crippen LogP contribution is 2.41. The predicted octanol–water partition coefficient (Wildman–Crippen LogP) is 2.44. The largest absolute Gasteiger partial charge is 0.486 e. The molecular weight excluding hydrogens is 476 g/mol. The van der Waals surface area contributed by atoms with Gasteiger partial charge in [-0.05, 0) is 44.5 Å². The van der Waals surface area contributed by atoms with E-state index in [1.54, 1.807) is 43.0 Å². The van der Waals surface area contributed by atoms with E-state index in [2.05, 4.69) is 25.1 Å². The topological polar surface area (TPSA) is 134 Å². The Bertz CT molecular complexity index is 1310. The average Bonchev–Trinajstić information content (AvgIpc) is 2.78. The zero-order valence-electron chi connectivity index (χ0n) is 20.9. The number of aryl methyl sites for hydroxylation is 2. The summed E-state index contributed by atoms with van der Waals surface area (Å²) in [7, 11) is -0.904. The Balaban J connectivity index is 1.27. The maximum Gasteiger partial charge on any atom is 0.225 e. The molecule has 5 rings (SSSR count). The Morgan fingerprint density at radius 2 is 1.86 bits per heavy atom. The first-order chi connectivity index (χ1) is 17.2. The van der Waals surface area contributed by atoms with Gasteiger partial charge in [0.05, 0.1) is 28.6 Å². The molecule has 0 saturated carbocycles. The normalized spacial score (nSPS) is 18.3. The molecule has 188 valence electrons. The summed E-state index contributed by atoms with van der Waals surface area (Å²) in [6.45, 7) is 9.27. The number of ether oxygens (including phenoxy) is 1. The van der Waals surface area contributed by atoms with Gasteiger partial charge in [0.1, 0.15) is 11.9 Å². The average molecular weight is 507 g/mol. The number of hydrogen-bond acceptors (Lipinski definition) is 9. The number of anilines is 2. The first-order valence-corrected chi connectivity index (χ1v) is 13.3. The van der Waals surface area contributed by atoms with Gasteiger partial charge in [-0.1, -0.05) is 0 Å². The lowest BCUT2D eigenvalue weighted by molar-refractivity contribution is 0.0428. The summed E-state index contributed by atoms with van der Waals surface area (Å²) < 4.78 is 19.7. The number of nitrogen functional groups attached to an aromatic ring is 1. The molecule has 2 aromatic heterocycles. The molecule has 0 radical (unpaired) electrons. The molecule has 0 amide bonds. The third-order valence-corrected chi connectivity index (χ3v) is 7.92. The molecule has 2 aliphatic heterocycles. The van der Waals surface area contributed by atoms with E-state index in [-0.39, 0.29) is 17.2 Å². The molecule has 3 aromatic rings. The van der Waals surface area contributed by atoms with Gasteiger partial charge in [-0.3, -0.25) is 5.41 Å². The molecule has 1 spiro atoms. The first kappa shape index (κ1) is 24.3. The van der Waals surface area contributed by atoms with Gasteiger partial charge in [0.2, 0.25) is 5.95 Å². The lowest BCUT2D eigenvalue weighted by Crippen LogP contribution is -2.72. The molecule has 2 aliphatic rings. The summed E-state index contributed by atoms with van der Waals surface area (Å²) in [5, 5.41) is 16.9. The fourth-order valence-electron chi connectivity index (χ4n) is 5.07. The molecule has 2 fully saturated rings. The van der Waals surface area contributed by atoms with E-state index in [4.69, 9.17) is 15.9 Å². The van der Waals surface area contributed by atoms with Crippen LogP contribution in [0.25, 0.3) is 0 Å². The highest BCUT2D eigenvalue weighted by atomic mass is 32.2. The van der Waals surface area contributed by atoms with Crippen molar-refractivity contribution in [3.05, 3.63) is 64.7 Å². The molecule has 3 N–H and O–H groups in total. The van der Waals surface area contributed by atoms with Crippen molar-refractivity contribution in [2.75, 3.05) is 43.1 Å². The fraction of sp³-hybridized carbons (Fsp3) is 0.400. The highest BCUT2D eigenvalue weighted by Gasteiger charge is 2.53. The van der Waals surface area contributed by atoms with Crippen LogP contribution in [-0.2, 0) is 11.0 Å². The van der Waals surface area contributed by atoms with Crippen molar-refractivity contribution in [3.8, 4) is 5.75 Å². The van der Waals surface area contributed by atoms with Crippen LogP contribution in [0.4, 0.5) is 11.6 Å². The number of nitrogens with two attached hydrogens (primary N) is 1. The monoisotopic (exact) mass is 506 g/mol. The Morgan fingerprint density at radius 1 is 1.17 bits per heavy atom. The number of hydrogen-bond donors (Lipinski definition) is 2. The molecule has 1 aromatic carbocycles. The maximum absolute atomic E-state index is 11.6. The lowest BCUT2D eigenvalue weighted by Gasteiger charge is -2.59. The number of nitrogens with one attached hydrogen (secondary N) is 1. The summed E-state index contributed by atoms with van der Waals surface area (Å²) >= 11 is 0. The van der Waals surface area contributed by atoms with Gasteiger partial charge in [-0.15, -0.1) is 0 Å². The third kappa shape index (κ3) is 4.44. The van der Waals surface area contributed by atoms with E-state index >= 15 is 0 Å². The van der Waals surface area contributed by atoms with Crippen LogP contribution >= 0.6 is 0 Å². The smallest absolute Gasteiger partial charge is 0.225 e. The second-order valence-corrected chi connectivity index (χ2v) is 11.1. The van der Waals surface area contributed by atoms with Gasteiger partial charge in [0.15, 0.2) is 0 Å². The van der Waals surface area contributed by atoms with Gasteiger partial charge < -0.3 is 15.4 Å². The summed E-state index contributed by atoms with van der Waals surface area (Å²) in [6, 6.07) is 5.33. The third-order valence-electron chi connectivity index (χ3n) is 6.94. The molecule has 36 heavy (non-hydrogen) atoms. The van der Waals surface area contributed by atoms with E-state index in [0.29, 0.717) is 28.5 Å². The van der Waals surface area contributed by atoms with Crippen molar-refractivity contribution in [1.29, 1.82) is 5.41 Å². The molecule has 10 nitrogen and oxygen atoms in total. The quantitative estimate of drug-likeness (QED) is 0.369. The molecule has 2 saturated heterocycles. The van der Waals surface area contributed by atoms with Gasteiger partial charge >= 0.3 is 0 Å². The number of benzene rings is 1. The molecule has 4 heterocycles. The Morgan fingerprint density at radius 3 is 2.50 bits per heavy atom. The van der Waals surface area contributed by atoms with Crippen LogP contribution in [0.3, 0.4) is 0 Å². The number of aromatic nitrogens is 4. The Kier molecular flexibility index (Phi) is 6.21. The van der Waals surface area contributed by atoms with Gasteiger partial charge in [-0.2, -0.15) is 10.2 Å². The minimum Gasteiger partial charge on any atom is -0.486 e. The van der Waals surface area contributed by atoms with Crippen molar-refractivity contribution in [2.45, 2.75) is 26.9 Å². The van der Waals surface area contributed by atoms with E-state index in [0.717, 1.165) is 43.0 Å². The van der Waals surface area contributed by atoms with Crippen LogP contribution in [-0.4, -0.2) is 66.8 Å². The zero-order valence-corrected chi connectivity index (χ0v) is 21.7. The van der Waals surface area contributed by atoms with Crippen molar-refractivity contribution < 1.29 is 8.95 Å². The van der Waals surface area contributed by atoms with Gasteiger partial charge in [-0.25, -0.2) is 18.5 Å². The standard InChI is InChI=1S/C25H30N8O2S/c1-15-8-30-31-16(2)22(15)17(3)35-19-5-6-21(26)20(7-19)23(27)18-9-28-24(29-10-18)32-11-25(12-32)13-33(14-25)36(4)34/h5-10,17,27H,11-14,26H2,1-4H3. The molecule has 2 unspecified atom stereocenters. The fourth-order valence-corrected chi connectivity index (χ4v) is 5.98. The van der Waals surface area contributed by atoms with Crippen molar-refractivity contribution in [1.82, 2.24) is 24.5 Å². The number of rotatable bonds is 7. The summed E-state index contributed by atoms with van der Waals surface area (Å²) in [6.07, 6.45) is 6.53. The summed E-state index contributed by atoms with van der Waals surface area (Å²) in [5.74, 6) is 1.25. The molecule has 0 bridgehead atoms. The van der Waals surface area contributed by atoms with E-state index in [9.17, 15) is 4.21 Å². The van der Waals surface area contributed by atoms with Crippen molar-refractivity contribution >= 4 is 28.3 Å². The minimum absolute atomic E-state index is 0.204.